The number of hydrogen-bond donors (Lipinski definition) is 0. The molecule has 0 bridgehead atoms. The molecule has 2 atom stereocenters. The molecule has 0 aliphatic carbocycles. The van der Waals surface area contributed by atoms with Crippen LogP contribution in [0.2, 0.25) is 5.02 Å². The first-order valence-corrected chi connectivity index (χ1v) is 9.71. The molecule has 0 saturated carbocycles. The zero-order valence-corrected chi connectivity index (χ0v) is 15.5. The number of halogens is 1. The zero-order chi connectivity index (χ0) is 17.4. The quantitative estimate of drug-likeness (QED) is 0.760. The molecule has 2 aliphatic rings. The van der Waals surface area contributed by atoms with Crippen LogP contribution in [0.4, 0.5) is 5.95 Å². The van der Waals surface area contributed by atoms with Gasteiger partial charge in [0.1, 0.15) is 11.4 Å². The molecule has 3 heterocycles. The van der Waals surface area contributed by atoms with Crippen molar-refractivity contribution in [2.45, 2.75) is 42.7 Å². The van der Waals surface area contributed by atoms with Crippen LogP contribution in [0.3, 0.4) is 0 Å². The standard InChI is InChI=1S/C17H19ClN4O2S/c1-11-10-14(15(23)24-11)25-17-20-19-16(21-8-4-5-9-21)22(17)13-7-3-2-6-12(13)18/h2-3,6-7,11,14H,4-5,8-10H2,1H3. The van der Waals surface area contributed by atoms with Gasteiger partial charge in [0, 0.05) is 19.5 Å². The van der Waals surface area contributed by atoms with Crippen LogP contribution in [0.25, 0.3) is 5.69 Å². The van der Waals surface area contributed by atoms with Crippen LogP contribution in [-0.4, -0.2) is 45.2 Å². The molecule has 8 heteroatoms. The van der Waals surface area contributed by atoms with Gasteiger partial charge in [-0.15, -0.1) is 10.2 Å². The van der Waals surface area contributed by atoms with Crippen LogP contribution in [0, 0.1) is 0 Å². The number of nitrogens with zero attached hydrogens (tertiary/aromatic N) is 4. The lowest BCUT2D eigenvalue weighted by Gasteiger charge is -2.19. The van der Waals surface area contributed by atoms with Gasteiger partial charge in [-0.05, 0) is 31.9 Å². The van der Waals surface area contributed by atoms with Gasteiger partial charge in [0.2, 0.25) is 5.95 Å². The highest BCUT2D eigenvalue weighted by Gasteiger charge is 2.35. The number of aromatic nitrogens is 3. The first-order valence-electron chi connectivity index (χ1n) is 8.46. The lowest BCUT2D eigenvalue weighted by atomic mass is 10.3. The maximum atomic E-state index is 12.0. The molecule has 2 saturated heterocycles. The smallest absolute Gasteiger partial charge is 0.319 e. The summed E-state index contributed by atoms with van der Waals surface area (Å²) in [6, 6.07) is 7.64. The SMILES string of the molecule is CC1CC(Sc2nnc(N3CCCC3)n2-c2ccccc2Cl)C(=O)O1. The number of hydrogen-bond acceptors (Lipinski definition) is 6. The van der Waals surface area contributed by atoms with Gasteiger partial charge >= 0.3 is 5.97 Å². The predicted molar refractivity (Wildman–Crippen MR) is 97.6 cm³/mol. The van der Waals surface area contributed by atoms with E-state index in [-0.39, 0.29) is 17.3 Å². The summed E-state index contributed by atoms with van der Waals surface area (Å²) in [6.45, 7) is 3.82. The third-order valence-corrected chi connectivity index (χ3v) is 5.94. The highest BCUT2D eigenvalue weighted by Crippen LogP contribution is 2.36. The van der Waals surface area contributed by atoms with Crippen LogP contribution in [0.1, 0.15) is 26.2 Å². The van der Waals surface area contributed by atoms with E-state index in [0.29, 0.717) is 16.6 Å². The van der Waals surface area contributed by atoms with E-state index >= 15 is 0 Å². The van der Waals surface area contributed by atoms with Crippen LogP contribution in [-0.2, 0) is 9.53 Å². The van der Waals surface area contributed by atoms with Crippen molar-refractivity contribution in [2.75, 3.05) is 18.0 Å². The van der Waals surface area contributed by atoms with Gasteiger partial charge in [-0.1, -0.05) is 35.5 Å². The van der Waals surface area contributed by atoms with Crippen molar-refractivity contribution < 1.29 is 9.53 Å². The van der Waals surface area contributed by atoms with Gasteiger partial charge in [0.15, 0.2) is 5.16 Å². The number of cyclic esters (lactones) is 1. The van der Waals surface area contributed by atoms with Gasteiger partial charge in [-0.3, -0.25) is 9.36 Å². The summed E-state index contributed by atoms with van der Waals surface area (Å²) in [7, 11) is 0. The van der Waals surface area contributed by atoms with Crippen molar-refractivity contribution in [1.82, 2.24) is 14.8 Å². The van der Waals surface area contributed by atoms with Crippen LogP contribution in [0.15, 0.2) is 29.4 Å². The number of thioether (sulfide) groups is 1. The molecule has 2 aliphatic heterocycles. The molecule has 1 aromatic carbocycles. The van der Waals surface area contributed by atoms with Crippen molar-refractivity contribution in [1.29, 1.82) is 0 Å². The Morgan fingerprint density at radius 3 is 2.68 bits per heavy atom. The molecule has 25 heavy (non-hydrogen) atoms. The lowest BCUT2D eigenvalue weighted by Crippen LogP contribution is -2.22. The molecule has 6 nitrogen and oxygen atoms in total. The summed E-state index contributed by atoms with van der Waals surface area (Å²) in [6.07, 6.45) is 2.91. The monoisotopic (exact) mass is 378 g/mol. The van der Waals surface area contributed by atoms with Crippen molar-refractivity contribution >= 4 is 35.3 Å². The fourth-order valence-electron chi connectivity index (χ4n) is 3.25. The van der Waals surface area contributed by atoms with Gasteiger partial charge < -0.3 is 9.64 Å². The summed E-state index contributed by atoms with van der Waals surface area (Å²) in [5.41, 5.74) is 0.831. The van der Waals surface area contributed by atoms with Crippen molar-refractivity contribution in [3.05, 3.63) is 29.3 Å². The maximum absolute atomic E-state index is 12.0. The predicted octanol–water partition coefficient (Wildman–Crippen LogP) is 3.32. The van der Waals surface area contributed by atoms with E-state index in [0.717, 1.165) is 37.6 Å². The number of ether oxygens (including phenoxy) is 1. The van der Waals surface area contributed by atoms with E-state index in [1.165, 1.54) is 11.8 Å². The Morgan fingerprint density at radius 1 is 1.24 bits per heavy atom. The molecule has 2 aromatic rings. The Morgan fingerprint density at radius 2 is 2.00 bits per heavy atom. The van der Waals surface area contributed by atoms with Gasteiger partial charge in [0.25, 0.3) is 0 Å². The summed E-state index contributed by atoms with van der Waals surface area (Å²) in [5, 5.41) is 9.82. The summed E-state index contributed by atoms with van der Waals surface area (Å²) >= 11 is 7.84. The zero-order valence-electron chi connectivity index (χ0n) is 13.9. The number of carbonyl (C=O) groups is 1. The molecule has 2 fully saturated rings. The Labute approximate surface area is 155 Å². The van der Waals surface area contributed by atoms with E-state index in [1.807, 2.05) is 35.8 Å². The van der Waals surface area contributed by atoms with E-state index in [2.05, 4.69) is 15.1 Å². The number of para-hydroxylation sites is 1. The molecule has 0 N–H and O–H groups in total. The van der Waals surface area contributed by atoms with Crippen LogP contribution < -0.4 is 4.90 Å². The second kappa shape index (κ2) is 6.88. The molecule has 0 radical (unpaired) electrons. The van der Waals surface area contributed by atoms with Gasteiger partial charge in [-0.25, -0.2) is 0 Å². The third-order valence-electron chi connectivity index (χ3n) is 4.47. The number of benzene rings is 1. The Kier molecular flexibility index (Phi) is 4.60. The van der Waals surface area contributed by atoms with Gasteiger partial charge in [-0.2, -0.15) is 0 Å². The topological polar surface area (TPSA) is 60.2 Å². The normalized spacial score (nSPS) is 23.3. The Bertz CT molecular complexity index is 791. The average Bonchev–Trinajstić information content (AvgIpc) is 3.29. The lowest BCUT2D eigenvalue weighted by molar-refractivity contribution is -0.140. The molecule has 4 rings (SSSR count). The number of carbonyl (C=O) groups excluding carboxylic acids is 1. The minimum absolute atomic E-state index is 0.0558. The Hall–Kier alpha value is -1.73. The highest BCUT2D eigenvalue weighted by atomic mass is 35.5. The van der Waals surface area contributed by atoms with Crippen molar-refractivity contribution in [2.24, 2.45) is 0 Å². The van der Waals surface area contributed by atoms with E-state index in [9.17, 15) is 4.79 Å². The largest absolute Gasteiger partial charge is 0.462 e. The number of esters is 1. The first-order chi connectivity index (χ1) is 12.1. The molecule has 1 aromatic heterocycles. The fourth-order valence-corrected chi connectivity index (χ4v) is 4.61. The molecule has 0 amide bonds. The molecule has 2 unspecified atom stereocenters. The molecular formula is C17H19ClN4O2S. The minimum atomic E-state index is -0.258. The first kappa shape index (κ1) is 16.7. The Balaban J connectivity index is 1.74. The summed E-state index contributed by atoms with van der Waals surface area (Å²) < 4.78 is 7.24. The van der Waals surface area contributed by atoms with E-state index < -0.39 is 0 Å². The van der Waals surface area contributed by atoms with Crippen molar-refractivity contribution in [3.8, 4) is 5.69 Å². The third kappa shape index (κ3) is 3.22. The maximum Gasteiger partial charge on any atom is 0.319 e. The number of anilines is 1. The molecular weight excluding hydrogens is 360 g/mol. The van der Waals surface area contributed by atoms with E-state index in [1.54, 1.807) is 0 Å². The highest BCUT2D eigenvalue weighted by molar-refractivity contribution is 8.00. The summed E-state index contributed by atoms with van der Waals surface area (Å²) in [5.74, 6) is 0.599. The van der Waals surface area contributed by atoms with Crippen LogP contribution in [0.5, 0.6) is 0 Å². The summed E-state index contributed by atoms with van der Waals surface area (Å²) in [4.78, 5) is 14.2. The van der Waals surface area contributed by atoms with Crippen molar-refractivity contribution in [3.63, 3.8) is 0 Å². The van der Waals surface area contributed by atoms with Gasteiger partial charge in [0.05, 0.1) is 10.7 Å². The second-order valence-corrected chi connectivity index (χ2v) is 7.93. The average molecular weight is 379 g/mol. The van der Waals surface area contributed by atoms with E-state index in [4.69, 9.17) is 16.3 Å². The molecule has 132 valence electrons. The van der Waals surface area contributed by atoms with Crippen LogP contribution >= 0.6 is 23.4 Å². The second-order valence-electron chi connectivity index (χ2n) is 6.35. The number of rotatable bonds is 4. The molecule has 0 spiro atoms. The minimum Gasteiger partial charge on any atom is -0.462 e. The fraction of sp³-hybridized carbons (Fsp3) is 0.471.